The van der Waals surface area contributed by atoms with E-state index in [1.54, 1.807) is 42.5 Å². The van der Waals surface area contributed by atoms with Crippen LogP contribution in [0.3, 0.4) is 0 Å². The van der Waals surface area contributed by atoms with Crippen molar-refractivity contribution in [2.45, 2.75) is 61.8 Å². The lowest BCUT2D eigenvalue weighted by Crippen LogP contribution is -2.54. The van der Waals surface area contributed by atoms with Gasteiger partial charge in [0.25, 0.3) is 10.0 Å². The summed E-state index contributed by atoms with van der Waals surface area (Å²) in [5.74, 6) is -1.27. The number of carbonyl (C=O) groups is 2. The van der Waals surface area contributed by atoms with Crippen molar-refractivity contribution in [3.05, 3.63) is 130 Å². The zero-order valence-corrected chi connectivity index (χ0v) is 28.6. The first-order valence-corrected chi connectivity index (χ1v) is 17.9. The van der Waals surface area contributed by atoms with E-state index in [4.69, 9.17) is 23.2 Å². The number of anilines is 1. The highest BCUT2D eigenvalue weighted by Gasteiger charge is 2.38. The van der Waals surface area contributed by atoms with Gasteiger partial charge in [0.1, 0.15) is 12.6 Å². The third-order valence-corrected chi connectivity index (χ3v) is 10.7. The summed E-state index contributed by atoms with van der Waals surface area (Å²) in [4.78, 5) is 29.7. The molecule has 1 aliphatic rings. The normalized spacial score (nSPS) is 14.3. The maximum absolute atomic E-state index is 14.6. The smallest absolute Gasteiger partial charge is 0.352 e. The summed E-state index contributed by atoms with van der Waals surface area (Å²) < 4.78 is 70.5. The molecule has 7 nitrogen and oxygen atoms in total. The molecule has 0 radical (unpaired) electrons. The number of benzene rings is 4. The van der Waals surface area contributed by atoms with Crippen molar-refractivity contribution in [1.29, 1.82) is 0 Å². The Morgan fingerprint density at radius 1 is 0.837 bits per heavy atom. The summed E-state index contributed by atoms with van der Waals surface area (Å²) in [6, 6.07) is 23.8. The van der Waals surface area contributed by atoms with Crippen molar-refractivity contribution in [3.63, 3.8) is 0 Å². The Morgan fingerprint density at radius 2 is 1.47 bits per heavy atom. The van der Waals surface area contributed by atoms with Crippen LogP contribution in [0.2, 0.25) is 10.0 Å². The number of alkyl halides is 3. The van der Waals surface area contributed by atoms with E-state index in [-0.39, 0.29) is 28.9 Å². The van der Waals surface area contributed by atoms with Gasteiger partial charge in [-0.3, -0.25) is 13.9 Å². The monoisotopic (exact) mass is 731 g/mol. The summed E-state index contributed by atoms with van der Waals surface area (Å²) in [7, 11) is -4.66. The Morgan fingerprint density at radius 3 is 2.10 bits per heavy atom. The van der Waals surface area contributed by atoms with Gasteiger partial charge in [-0.15, -0.1) is 0 Å². The molecule has 4 aromatic rings. The number of sulfonamides is 1. The van der Waals surface area contributed by atoms with Gasteiger partial charge in [-0.25, -0.2) is 8.42 Å². The minimum absolute atomic E-state index is 0.0848. The van der Waals surface area contributed by atoms with E-state index in [0.717, 1.165) is 43.4 Å². The molecule has 1 N–H and O–H groups in total. The fraction of sp³-hybridized carbons (Fsp3) is 0.278. The maximum Gasteiger partial charge on any atom is 0.416 e. The molecule has 13 heteroatoms. The molecule has 0 spiro atoms. The molecule has 0 unspecified atom stereocenters. The molecule has 1 atom stereocenters. The second-order valence-electron chi connectivity index (χ2n) is 11.8. The number of hydrogen-bond acceptors (Lipinski definition) is 4. The zero-order chi connectivity index (χ0) is 35.2. The topological polar surface area (TPSA) is 86.8 Å². The number of hydrogen-bond donors (Lipinski definition) is 1. The molecule has 258 valence electrons. The van der Waals surface area contributed by atoms with E-state index in [2.05, 4.69) is 5.32 Å². The van der Waals surface area contributed by atoms with Gasteiger partial charge in [-0.1, -0.05) is 96.7 Å². The first-order valence-electron chi connectivity index (χ1n) is 15.7. The third-order valence-electron chi connectivity index (χ3n) is 8.37. The van der Waals surface area contributed by atoms with Crippen LogP contribution in [0, 0.1) is 0 Å². The molecule has 5 rings (SSSR count). The lowest BCUT2D eigenvalue weighted by molar-refractivity contribution is -0.140. The van der Waals surface area contributed by atoms with Gasteiger partial charge in [0.2, 0.25) is 11.8 Å². The maximum atomic E-state index is 14.6. The molecular weight excluding hydrogens is 698 g/mol. The standard InChI is InChI=1S/C36H34Cl2F3N3O4S/c37-28-13-9-12-26(20-28)23-43(33(21-25-10-3-1-4-11-25)35(46)42-29-14-7-8-15-29)34(45)24-44(49(47,48)30-16-5-2-6-17-30)32-22-27(36(39,40)41)18-19-31(32)38/h1-6,9-13,16-20,22,29,33H,7-8,14-15,21,23-24H2,(H,42,46)/t33-/m1/s1. The van der Waals surface area contributed by atoms with E-state index in [1.807, 2.05) is 18.2 Å². The number of amides is 2. The van der Waals surface area contributed by atoms with Crippen molar-refractivity contribution in [1.82, 2.24) is 10.2 Å². The van der Waals surface area contributed by atoms with Gasteiger partial charge < -0.3 is 10.2 Å². The summed E-state index contributed by atoms with van der Waals surface area (Å²) >= 11 is 12.7. The lowest BCUT2D eigenvalue weighted by Gasteiger charge is -2.34. The van der Waals surface area contributed by atoms with Crippen LogP contribution in [0.5, 0.6) is 0 Å². The van der Waals surface area contributed by atoms with Crippen LogP contribution in [-0.2, 0) is 38.8 Å². The van der Waals surface area contributed by atoms with Gasteiger partial charge in [0, 0.05) is 24.0 Å². The van der Waals surface area contributed by atoms with Crippen LogP contribution >= 0.6 is 23.2 Å². The molecule has 0 aromatic heterocycles. The van der Waals surface area contributed by atoms with E-state index < -0.39 is 51.9 Å². The fourth-order valence-electron chi connectivity index (χ4n) is 5.87. The van der Waals surface area contributed by atoms with Crippen LogP contribution in [0.4, 0.5) is 18.9 Å². The number of rotatable bonds is 12. The molecule has 4 aromatic carbocycles. The van der Waals surface area contributed by atoms with Crippen molar-refractivity contribution in [3.8, 4) is 0 Å². The highest BCUT2D eigenvalue weighted by molar-refractivity contribution is 7.92. The fourth-order valence-corrected chi connectivity index (χ4v) is 7.80. The van der Waals surface area contributed by atoms with Gasteiger partial charge >= 0.3 is 6.18 Å². The van der Waals surface area contributed by atoms with Crippen LogP contribution in [0.1, 0.15) is 42.4 Å². The van der Waals surface area contributed by atoms with Crippen LogP contribution in [0.25, 0.3) is 0 Å². The molecule has 49 heavy (non-hydrogen) atoms. The average molecular weight is 733 g/mol. The molecule has 0 aliphatic heterocycles. The predicted octanol–water partition coefficient (Wildman–Crippen LogP) is 7.91. The second kappa shape index (κ2) is 15.7. The van der Waals surface area contributed by atoms with Crippen molar-refractivity contribution < 1.29 is 31.2 Å². The van der Waals surface area contributed by atoms with Crippen LogP contribution < -0.4 is 9.62 Å². The minimum Gasteiger partial charge on any atom is -0.352 e. The number of halogens is 5. The lowest BCUT2D eigenvalue weighted by atomic mass is 10.0. The first-order chi connectivity index (χ1) is 23.3. The largest absolute Gasteiger partial charge is 0.416 e. The Kier molecular flexibility index (Phi) is 11.6. The average Bonchev–Trinajstić information content (AvgIpc) is 3.59. The van der Waals surface area contributed by atoms with Crippen molar-refractivity contribution in [2.24, 2.45) is 0 Å². The predicted molar refractivity (Wildman–Crippen MR) is 184 cm³/mol. The number of carbonyl (C=O) groups excluding carboxylic acids is 2. The molecule has 1 fully saturated rings. The quantitative estimate of drug-likeness (QED) is 0.161. The van der Waals surface area contributed by atoms with E-state index in [0.29, 0.717) is 21.0 Å². The van der Waals surface area contributed by atoms with Crippen LogP contribution in [0.15, 0.2) is 108 Å². The van der Waals surface area contributed by atoms with E-state index >= 15 is 0 Å². The molecule has 0 bridgehead atoms. The molecule has 0 heterocycles. The summed E-state index contributed by atoms with van der Waals surface area (Å²) in [6.45, 7) is -1.11. The van der Waals surface area contributed by atoms with Gasteiger partial charge in [-0.05, 0) is 66.4 Å². The Bertz CT molecular complexity index is 1870. The third kappa shape index (κ3) is 9.14. The minimum atomic E-state index is -4.83. The van der Waals surface area contributed by atoms with Gasteiger partial charge in [-0.2, -0.15) is 13.2 Å². The zero-order valence-electron chi connectivity index (χ0n) is 26.2. The second-order valence-corrected chi connectivity index (χ2v) is 14.5. The van der Waals surface area contributed by atoms with E-state index in [1.165, 1.54) is 29.2 Å². The highest BCUT2D eigenvalue weighted by Crippen LogP contribution is 2.37. The summed E-state index contributed by atoms with van der Waals surface area (Å²) in [5, 5.41) is 3.13. The Hall–Kier alpha value is -4.06. The Balaban J connectivity index is 1.62. The highest BCUT2D eigenvalue weighted by atomic mass is 35.5. The van der Waals surface area contributed by atoms with Gasteiger partial charge in [0.15, 0.2) is 0 Å². The van der Waals surface area contributed by atoms with Crippen molar-refractivity contribution in [2.75, 3.05) is 10.8 Å². The summed E-state index contributed by atoms with van der Waals surface area (Å²) in [5.41, 5.74) is -0.387. The van der Waals surface area contributed by atoms with Crippen LogP contribution in [-0.4, -0.2) is 43.8 Å². The van der Waals surface area contributed by atoms with Gasteiger partial charge in [0.05, 0.1) is 21.2 Å². The first kappa shape index (κ1) is 36.2. The summed E-state index contributed by atoms with van der Waals surface area (Å²) in [6.07, 6.45) is -1.29. The Labute approximate surface area is 293 Å². The van der Waals surface area contributed by atoms with E-state index in [9.17, 15) is 31.2 Å². The number of nitrogens with zero attached hydrogens (tertiary/aromatic N) is 2. The SMILES string of the molecule is O=C(NC1CCCC1)[C@@H](Cc1ccccc1)N(Cc1cccc(Cl)c1)C(=O)CN(c1cc(C(F)(F)F)ccc1Cl)S(=O)(=O)c1ccccc1. The molecular formula is C36H34Cl2F3N3O4S. The molecule has 1 aliphatic carbocycles. The molecule has 1 saturated carbocycles. The molecule has 2 amide bonds. The molecule has 0 saturated heterocycles. The number of nitrogens with one attached hydrogen (secondary N) is 1. The van der Waals surface area contributed by atoms with Crippen molar-refractivity contribution >= 4 is 50.7 Å².